The molecule has 0 unspecified atom stereocenters. The van der Waals surface area contributed by atoms with E-state index in [9.17, 15) is 4.79 Å². The molecule has 1 atom stereocenters. The highest BCUT2D eigenvalue weighted by molar-refractivity contribution is 6.12. The highest BCUT2D eigenvalue weighted by Gasteiger charge is 2.46. The Balaban J connectivity index is 2.13. The van der Waals surface area contributed by atoms with Crippen LogP contribution in [0, 0.1) is 0 Å². The smallest absolute Gasteiger partial charge is 0.242 e. The summed E-state index contributed by atoms with van der Waals surface area (Å²) in [6.07, 6.45) is 2.89. The lowest BCUT2D eigenvalue weighted by atomic mass is 9.80. The van der Waals surface area contributed by atoms with Crippen molar-refractivity contribution in [3.8, 4) is 0 Å². The van der Waals surface area contributed by atoms with Gasteiger partial charge in [0.15, 0.2) is 0 Å². The Morgan fingerprint density at radius 1 is 1.05 bits per heavy atom. The van der Waals surface area contributed by atoms with E-state index in [1.807, 2.05) is 53.4 Å². The summed E-state index contributed by atoms with van der Waals surface area (Å²) in [6.45, 7) is 6.20. The highest BCUT2D eigenvalue weighted by Crippen LogP contribution is 2.47. The molecule has 0 fully saturated rings. The normalized spacial score (nSPS) is 20.0. The maximum atomic E-state index is 13.2. The lowest BCUT2D eigenvalue weighted by molar-refractivity contribution is -0.121. The summed E-state index contributed by atoms with van der Waals surface area (Å²) < 4.78 is 0. The quantitative estimate of drug-likeness (QED) is 0.730. The lowest BCUT2D eigenvalue weighted by Crippen LogP contribution is -2.35. The number of fused-ring (bicyclic) bond motifs is 1. The van der Waals surface area contributed by atoms with Gasteiger partial charge in [-0.3, -0.25) is 9.69 Å². The summed E-state index contributed by atoms with van der Waals surface area (Å²) in [6, 6.07) is 18.0. The SMILES string of the molecule is CC(C)=CC[C@]1(C)C(=O)N(c2ccccc2)c2ccccc21. The fourth-order valence-corrected chi connectivity index (χ4v) is 3.05. The minimum absolute atomic E-state index is 0.150. The molecule has 1 aliphatic heterocycles. The van der Waals surface area contributed by atoms with Gasteiger partial charge in [0.05, 0.1) is 11.1 Å². The summed E-state index contributed by atoms with van der Waals surface area (Å²) in [5.41, 5.74) is 3.79. The topological polar surface area (TPSA) is 20.3 Å². The Bertz CT molecular complexity index is 728. The van der Waals surface area contributed by atoms with Crippen LogP contribution in [-0.2, 0) is 10.2 Å². The average Bonchev–Trinajstić information content (AvgIpc) is 2.75. The van der Waals surface area contributed by atoms with Crippen LogP contribution in [-0.4, -0.2) is 5.91 Å². The third-order valence-corrected chi connectivity index (χ3v) is 4.35. The van der Waals surface area contributed by atoms with Crippen LogP contribution in [0.5, 0.6) is 0 Å². The zero-order chi connectivity index (χ0) is 15.7. The number of hydrogen-bond acceptors (Lipinski definition) is 1. The van der Waals surface area contributed by atoms with E-state index in [0.29, 0.717) is 0 Å². The van der Waals surface area contributed by atoms with Gasteiger partial charge in [-0.2, -0.15) is 0 Å². The molecule has 112 valence electrons. The first-order valence-corrected chi connectivity index (χ1v) is 7.66. The molecule has 0 N–H and O–H groups in total. The van der Waals surface area contributed by atoms with Crippen LogP contribution >= 0.6 is 0 Å². The first-order valence-electron chi connectivity index (χ1n) is 7.66. The van der Waals surface area contributed by atoms with E-state index in [2.05, 4.69) is 32.9 Å². The molecule has 2 aromatic carbocycles. The standard InChI is InChI=1S/C20H21NO/c1-15(2)13-14-20(3)17-11-7-8-12-18(17)21(19(20)22)16-9-5-4-6-10-16/h4-13H,14H2,1-3H3/t20-/m0/s1. The van der Waals surface area contributed by atoms with Crippen LogP contribution < -0.4 is 4.90 Å². The predicted octanol–water partition coefficient (Wildman–Crippen LogP) is 4.98. The van der Waals surface area contributed by atoms with E-state index in [1.54, 1.807) is 0 Å². The molecule has 1 aliphatic rings. The number of para-hydroxylation sites is 2. The summed E-state index contributed by atoms with van der Waals surface area (Å²) in [5, 5.41) is 0. The number of amides is 1. The van der Waals surface area contributed by atoms with Crippen LogP contribution in [0.4, 0.5) is 11.4 Å². The fourth-order valence-electron chi connectivity index (χ4n) is 3.05. The number of carbonyl (C=O) groups excluding carboxylic acids is 1. The number of nitrogens with zero attached hydrogens (tertiary/aromatic N) is 1. The number of anilines is 2. The first kappa shape index (κ1) is 14.6. The van der Waals surface area contributed by atoms with Crippen molar-refractivity contribution >= 4 is 17.3 Å². The van der Waals surface area contributed by atoms with E-state index >= 15 is 0 Å². The molecule has 0 bridgehead atoms. The lowest BCUT2D eigenvalue weighted by Gasteiger charge is -2.23. The highest BCUT2D eigenvalue weighted by atomic mass is 16.2. The van der Waals surface area contributed by atoms with Gasteiger partial charge in [0.25, 0.3) is 0 Å². The van der Waals surface area contributed by atoms with Crippen molar-refractivity contribution in [3.05, 3.63) is 71.8 Å². The van der Waals surface area contributed by atoms with E-state index < -0.39 is 5.41 Å². The zero-order valence-corrected chi connectivity index (χ0v) is 13.3. The van der Waals surface area contributed by atoms with Crippen LogP contribution in [0.1, 0.15) is 32.8 Å². The third-order valence-electron chi connectivity index (χ3n) is 4.35. The van der Waals surface area contributed by atoms with Gasteiger partial charge >= 0.3 is 0 Å². The summed E-state index contributed by atoms with van der Waals surface area (Å²) in [7, 11) is 0. The van der Waals surface area contributed by atoms with E-state index in [-0.39, 0.29) is 5.91 Å². The monoisotopic (exact) mass is 291 g/mol. The zero-order valence-electron chi connectivity index (χ0n) is 13.3. The second-order valence-electron chi connectivity index (χ2n) is 6.31. The first-order chi connectivity index (χ1) is 10.5. The van der Waals surface area contributed by atoms with Crippen molar-refractivity contribution in [1.29, 1.82) is 0 Å². The minimum atomic E-state index is -0.496. The molecule has 0 saturated heterocycles. The summed E-state index contributed by atoms with van der Waals surface area (Å²) >= 11 is 0. The van der Waals surface area contributed by atoms with Gasteiger partial charge in [-0.25, -0.2) is 0 Å². The summed E-state index contributed by atoms with van der Waals surface area (Å²) in [5.74, 6) is 0.150. The Labute approximate surface area is 132 Å². The molecular formula is C20H21NO. The Kier molecular flexibility index (Phi) is 3.61. The maximum Gasteiger partial charge on any atom is 0.242 e. The van der Waals surface area contributed by atoms with Gasteiger partial charge in [0.1, 0.15) is 0 Å². The Morgan fingerprint density at radius 2 is 1.68 bits per heavy atom. The minimum Gasteiger partial charge on any atom is -0.280 e. The number of carbonyl (C=O) groups is 1. The molecule has 2 nitrogen and oxygen atoms in total. The van der Waals surface area contributed by atoms with Crippen LogP contribution in [0.3, 0.4) is 0 Å². The molecule has 3 rings (SSSR count). The molecule has 1 heterocycles. The van der Waals surface area contributed by atoms with Crippen molar-refractivity contribution in [3.63, 3.8) is 0 Å². The van der Waals surface area contributed by atoms with E-state index in [4.69, 9.17) is 0 Å². The van der Waals surface area contributed by atoms with Crippen molar-refractivity contribution in [1.82, 2.24) is 0 Å². The second kappa shape index (κ2) is 5.45. The van der Waals surface area contributed by atoms with E-state index in [1.165, 1.54) is 5.57 Å². The molecule has 1 amide bonds. The predicted molar refractivity (Wildman–Crippen MR) is 91.4 cm³/mol. The Morgan fingerprint density at radius 3 is 2.36 bits per heavy atom. The van der Waals surface area contributed by atoms with Gasteiger partial charge in [-0.15, -0.1) is 0 Å². The second-order valence-corrected chi connectivity index (χ2v) is 6.31. The van der Waals surface area contributed by atoms with Crippen molar-refractivity contribution < 1.29 is 4.79 Å². The molecule has 0 radical (unpaired) electrons. The molecular weight excluding hydrogens is 270 g/mol. The molecule has 0 saturated carbocycles. The van der Waals surface area contributed by atoms with Crippen molar-refractivity contribution in [2.75, 3.05) is 4.90 Å². The largest absolute Gasteiger partial charge is 0.280 e. The average molecular weight is 291 g/mol. The van der Waals surface area contributed by atoms with Crippen molar-refractivity contribution in [2.45, 2.75) is 32.6 Å². The van der Waals surface area contributed by atoms with E-state index in [0.717, 1.165) is 23.4 Å². The number of allylic oxidation sites excluding steroid dienone is 2. The van der Waals surface area contributed by atoms with Crippen molar-refractivity contribution in [2.24, 2.45) is 0 Å². The van der Waals surface area contributed by atoms with Gasteiger partial charge in [-0.05, 0) is 51.0 Å². The molecule has 0 spiro atoms. The number of hydrogen-bond donors (Lipinski definition) is 0. The van der Waals surface area contributed by atoms with Crippen LogP contribution in [0.25, 0.3) is 0 Å². The summed E-state index contributed by atoms with van der Waals surface area (Å²) in [4.78, 5) is 15.0. The molecule has 22 heavy (non-hydrogen) atoms. The Hall–Kier alpha value is -2.35. The fraction of sp³-hybridized carbons (Fsp3) is 0.250. The van der Waals surface area contributed by atoms with Gasteiger partial charge in [0.2, 0.25) is 5.91 Å². The van der Waals surface area contributed by atoms with Gasteiger partial charge < -0.3 is 0 Å². The van der Waals surface area contributed by atoms with Crippen LogP contribution in [0.15, 0.2) is 66.2 Å². The maximum absolute atomic E-state index is 13.2. The third kappa shape index (κ3) is 2.25. The number of benzene rings is 2. The molecule has 2 heteroatoms. The van der Waals surface area contributed by atoms with Gasteiger partial charge in [0, 0.05) is 5.69 Å². The van der Waals surface area contributed by atoms with Gasteiger partial charge in [-0.1, -0.05) is 48.0 Å². The van der Waals surface area contributed by atoms with Crippen LogP contribution in [0.2, 0.25) is 0 Å². The molecule has 0 aliphatic carbocycles. The number of rotatable bonds is 3. The molecule has 0 aromatic heterocycles. The molecule has 2 aromatic rings.